The molecule has 0 amide bonds. The van der Waals surface area contributed by atoms with E-state index in [9.17, 15) is 0 Å². The van der Waals surface area contributed by atoms with Gasteiger partial charge in [0.2, 0.25) is 0 Å². The molecule has 0 bridgehead atoms. The van der Waals surface area contributed by atoms with Crippen molar-refractivity contribution in [1.82, 2.24) is 9.80 Å². The Morgan fingerprint density at radius 3 is 2.32 bits per heavy atom. The Hall–Kier alpha value is -1.68. The normalized spacial score (nSPS) is 27.0. The predicted octanol–water partition coefficient (Wildman–Crippen LogP) is 5.02. The van der Waals surface area contributed by atoms with Gasteiger partial charge in [0.25, 0.3) is 0 Å². The molecule has 4 rings (SSSR count). The van der Waals surface area contributed by atoms with Gasteiger partial charge in [-0.15, -0.1) is 0 Å². The highest BCUT2D eigenvalue weighted by atomic mass is 16.5. The smallest absolute Gasteiger partial charge is 0.0952 e. The minimum absolute atomic E-state index is 0.180. The average molecular weight is 379 g/mol. The molecule has 0 aliphatic carbocycles. The molecule has 0 N–H and O–H groups in total. The van der Waals surface area contributed by atoms with Crippen molar-refractivity contribution in [3.8, 4) is 0 Å². The van der Waals surface area contributed by atoms with Crippen molar-refractivity contribution in [3.63, 3.8) is 0 Å². The van der Waals surface area contributed by atoms with E-state index in [1.54, 1.807) is 0 Å². The maximum atomic E-state index is 6.29. The Kier molecular flexibility index (Phi) is 6.46. The lowest BCUT2D eigenvalue weighted by Gasteiger charge is -2.39. The molecule has 0 radical (unpaired) electrons. The van der Waals surface area contributed by atoms with E-state index in [-0.39, 0.29) is 6.10 Å². The second kappa shape index (κ2) is 9.21. The van der Waals surface area contributed by atoms with Crippen molar-refractivity contribution < 1.29 is 4.74 Å². The van der Waals surface area contributed by atoms with E-state index in [0.29, 0.717) is 12.0 Å². The van der Waals surface area contributed by atoms with Crippen molar-refractivity contribution in [2.75, 3.05) is 39.3 Å². The number of nitrogens with zero attached hydrogens (tertiary/aromatic N) is 2. The summed E-state index contributed by atoms with van der Waals surface area (Å²) in [4.78, 5) is 5.15. The van der Waals surface area contributed by atoms with Crippen LogP contribution in [0.5, 0.6) is 0 Å². The van der Waals surface area contributed by atoms with Crippen molar-refractivity contribution in [2.45, 2.75) is 44.8 Å². The number of hydrogen-bond donors (Lipinski definition) is 0. The van der Waals surface area contributed by atoms with Crippen LogP contribution in [-0.2, 0) is 4.74 Å². The summed E-state index contributed by atoms with van der Waals surface area (Å²) in [6.07, 6.45) is 2.82. The fraction of sp³-hybridized carbons (Fsp3) is 0.520. The van der Waals surface area contributed by atoms with Gasteiger partial charge in [0.05, 0.1) is 18.8 Å². The summed E-state index contributed by atoms with van der Waals surface area (Å²) in [6.45, 7) is 10.9. The van der Waals surface area contributed by atoms with Crippen LogP contribution in [0.2, 0.25) is 0 Å². The molecule has 3 unspecified atom stereocenters. The third-order valence-electron chi connectivity index (χ3n) is 6.62. The number of likely N-dealkylation sites (tertiary alicyclic amines) is 1. The zero-order valence-corrected chi connectivity index (χ0v) is 17.4. The summed E-state index contributed by atoms with van der Waals surface area (Å²) >= 11 is 0. The molecule has 2 heterocycles. The van der Waals surface area contributed by atoms with E-state index < -0.39 is 0 Å². The van der Waals surface area contributed by atoms with E-state index >= 15 is 0 Å². The van der Waals surface area contributed by atoms with Crippen LogP contribution in [0.3, 0.4) is 0 Å². The van der Waals surface area contributed by atoms with Crippen LogP contribution in [0, 0.1) is 0 Å². The minimum Gasteiger partial charge on any atom is -0.370 e. The van der Waals surface area contributed by atoms with Gasteiger partial charge in [0.15, 0.2) is 0 Å². The highest BCUT2D eigenvalue weighted by molar-refractivity contribution is 5.29. The lowest BCUT2D eigenvalue weighted by Crippen LogP contribution is -2.41. The van der Waals surface area contributed by atoms with Crippen LogP contribution in [0.1, 0.15) is 61.4 Å². The van der Waals surface area contributed by atoms with Crippen molar-refractivity contribution in [3.05, 3.63) is 71.3 Å². The topological polar surface area (TPSA) is 15.7 Å². The molecule has 3 heteroatoms. The van der Waals surface area contributed by atoms with Crippen LogP contribution < -0.4 is 0 Å². The number of piperidine rings is 1. The Morgan fingerprint density at radius 2 is 1.61 bits per heavy atom. The van der Waals surface area contributed by atoms with Crippen molar-refractivity contribution in [2.24, 2.45) is 0 Å². The second-order valence-corrected chi connectivity index (χ2v) is 8.24. The molecule has 2 fully saturated rings. The van der Waals surface area contributed by atoms with Crippen LogP contribution in [0.4, 0.5) is 0 Å². The molecular weight excluding hydrogens is 344 g/mol. The third kappa shape index (κ3) is 4.32. The predicted molar refractivity (Wildman–Crippen MR) is 116 cm³/mol. The van der Waals surface area contributed by atoms with Gasteiger partial charge in [0, 0.05) is 13.1 Å². The second-order valence-electron chi connectivity index (χ2n) is 8.24. The lowest BCUT2D eigenvalue weighted by molar-refractivity contribution is -0.0648. The molecule has 2 aromatic rings. The number of morpholine rings is 1. The number of ether oxygens (including phenoxy) is 1. The largest absolute Gasteiger partial charge is 0.370 e. The molecular formula is C25H34N2O. The number of hydrogen-bond acceptors (Lipinski definition) is 3. The SMILES string of the molecule is CCN1CCCC(c2ccc(C3COC(c4ccccc4)CN3CC)cc2)C1. The molecule has 2 saturated heterocycles. The van der Waals surface area contributed by atoms with E-state index in [1.807, 2.05) is 0 Å². The zero-order chi connectivity index (χ0) is 19.3. The van der Waals surface area contributed by atoms with Crippen LogP contribution >= 0.6 is 0 Å². The molecule has 0 saturated carbocycles. The van der Waals surface area contributed by atoms with Gasteiger partial charge in [0.1, 0.15) is 0 Å². The van der Waals surface area contributed by atoms with Gasteiger partial charge >= 0.3 is 0 Å². The molecule has 0 spiro atoms. The van der Waals surface area contributed by atoms with E-state index in [0.717, 1.165) is 19.7 Å². The van der Waals surface area contributed by atoms with Gasteiger partial charge < -0.3 is 9.64 Å². The fourth-order valence-corrected chi connectivity index (χ4v) is 4.84. The summed E-state index contributed by atoms with van der Waals surface area (Å²) in [6, 6.07) is 20.4. The van der Waals surface area contributed by atoms with Crippen LogP contribution in [-0.4, -0.2) is 49.1 Å². The summed E-state index contributed by atoms with van der Waals surface area (Å²) in [7, 11) is 0. The summed E-state index contributed by atoms with van der Waals surface area (Å²) in [5.41, 5.74) is 4.18. The summed E-state index contributed by atoms with van der Waals surface area (Å²) in [5.74, 6) is 0.690. The third-order valence-corrected chi connectivity index (χ3v) is 6.62. The summed E-state index contributed by atoms with van der Waals surface area (Å²) in [5, 5.41) is 0. The van der Waals surface area contributed by atoms with E-state index in [2.05, 4.69) is 78.2 Å². The first-order valence-corrected chi connectivity index (χ1v) is 11.0. The van der Waals surface area contributed by atoms with E-state index in [4.69, 9.17) is 4.74 Å². The molecule has 3 nitrogen and oxygen atoms in total. The first kappa shape index (κ1) is 19.6. The molecule has 3 atom stereocenters. The Labute approximate surface area is 170 Å². The number of rotatable bonds is 5. The van der Waals surface area contributed by atoms with Gasteiger partial charge in [-0.3, -0.25) is 4.90 Å². The monoisotopic (exact) mass is 378 g/mol. The first-order valence-electron chi connectivity index (χ1n) is 11.0. The van der Waals surface area contributed by atoms with Crippen LogP contribution in [0.15, 0.2) is 54.6 Å². The fourth-order valence-electron chi connectivity index (χ4n) is 4.84. The van der Waals surface area contributed by atoms with E-state index in [1.165, 1.54) is 49.2 Å². The molecule has 0 aromatic heterocycles. The molecule has 2 aliphatic rings. The van der Waals surface area contributed by atoms with Gasteiger partial charge in [-0.25, -0.2) is 0 Å². The van der Waals surface area contributed by atoms with Gasteiger partial charge in [-0.05, 0) is 55.1 Å². The van der Waals surface area contributed by atoms with Gasteiger partial charge in [-0.2, -0.15) is 0 Å². The zero-order valence-electron chi connectivity index (χ0n) is 17.4. The Bertz CT molecular complexity index is 730. The van der Waals surface area contributed by atoms with Crippen molar-refractivity contribution in [1.29, 1.82) is 0 Å². The number of likely N-dealkylation sites (N-methyl/N-ethyl adjacent to an activating group) is 2. The highest BCUT2D eigenvalue weighted by Gasteiger charge is 2.30. The maximum Gasteiger partial charge on any atom is 0.0952 e. The van der Waals surface area contributed by atoms with Gasteiger partial charge in [-0.1, -0.05) is 68.4 Å². The average Bonchev–Trinajstić information content (AvgIpc) is 2.79. The highest BCUT2D eigenvalue weighted by Crippen LogP contribution is 2.33. The summed E-state index contributed by atoms with van der Waals surface area (Å²) < 4.78 is 6.29. The van der Waals surface area contributed by atoms with Crippen molar-refractivity contribution >= 4 is 0 Å². The van der Waals surface area contributed by atoms with Crippen LogP contribution in [0.25, 0.3) is 0 Å². The quantitative estimate of drug-likeness (QED) is 0.726. The molecule has 2 aliphatic heterocycles. The Morgan fingerprint density at radius 1 is 0.857 bits per heavy atom. The standard InChI is InChI=1S/C25H34N2O/c1-3-26-16-8-11-23(17-26)20-12-14-21(15-13-20)24-19-28-25(18-27(24)4-2)22-9-6-5-7-10-22/h5-7,9-10,12-15,23-25H,3-4,8,11,16-19H2,1-2H3. The lowest BCUT2D eigenvalue weighted by atomic mass is 9.89. The maximum absolute atomic E-state index is 6.29. The molecule has 28 heavy (non-hydrogen) atoms. The number of benzene rings is 2. The Balaban J connectivity index is 1.44. The minimum atomic E-state index is 0.180. The first-order chi connectivity index (χ1) is 13.8. The molecule has 150 valence electrons. The molecule has 2 aromatic carbocycles.